The van der Waals surface area contributed by atoms with Gasteiger partial charge in [-0.15, -0.1) is 82.3 Å². The number of ether oxygens (including phenoxy) is 2. The second-order valence-corrected chi connectivity index (χ2v) is 16.0. The molecule has 0 saturated heterocycles. The quantitative estimate of drug-likeness (QED) is 0.0242. The molecule has 0 aromatic heterocycles. The summed E-state index contributed by atoms with van der Waals surface area (Å²) in [7, 11) is -1.18. The summed E-state index contributed by atoms with van der Waals surface area (Å²) in [6, 6.07) is 0. The first-order valence-corrected chi connectivity index (χ1v) is 21.0. The van der Waals surface area contributed by atoms with Crippen molar-refractivity contribution in [1.82, 2.24) is 10.6 Å². The van der Waals surface area contributed by atoms with Crippen molar-refractivity contribution in [2.75, 3.05) is 73.5 Å². The van der Waals surface area contributed by atoms with Gasteiger partial charge in [0.1, 0.15) is 17.8 Å². The maximum atomic E-state index is 11.9. The summed E-state index contributed by atoms with van der Waals surface area (Å²) in [5.74, 6) is 2.18. The number of aliphatic hydroxyl groups is 2. The van der Waals surface area contributed by atoms with E-state index in [0.29, 0.717) is 38.8 Å². The van der Waals surface area contributed by atoms with Gasteiger partial charge in [-0.25, -0.2) is 14.6 Å². The molecule has 0 aliphatic rings. The van der Waals surface area contributed by atoms with Crippen LogP contribution in [0.2, 0.25) is 0 Å². The summed E-state index contributed by atoms with van der Waals surface area (Å²) in [4.78, 5) is 40.3. The fraction of sp³-hybridized carbons (Fsp3) is 0.765. The van der Waals surface area contributed by atoms with Gasteiger partial charge in [0.05, 0.1) is 56.8 Å². The molecular weight excluding hydrogens is 693 g/mol. The number of carbonyl (C=O) groups excluding carboxylic acids is 2. The van der Waals surface area contributed by atoms with Crippen LogP contribution < -0.4 is 10.6 Å². The van der Waals surface area contributed by atoms with E-state index in [1.807, 2.05) is 0 Å². The largest absolute Gasteiger partial charge is 0.438 e. The van der Waals surface area contributed by atoms with Crippen LogP contribution in [0.4, 0.5) is 9.59 Å². The summed E-state index contributed by atoms with van der Waals surface area (Å²) >= 11 is 11.2. The van der Waals surface area contributed by atoms with Crippen LogP contribution in [0.5, 0.6) is 0 Å². The summed E-state index contributed by atoms with van der Waals surface area (Å²) in [5, 5.41) is 24.8. The van der Waals surface area contributed by atoms with E-state index >= 15 is 0 Å². The maximum absolute atomic E-state index is 11.9. The number of alkyl carbamates (subject to hydrolysis) is 2. The zero-order valence-corrected chi connectivity index (χ0v) is 28.0. The predicted molar refractivity (Wildman–Crippen MR) is 175 cm³/mol. The molecular formula is C17H32N4O9S9. The molecule has 39 heavy (non-hydrogen) atoms. The minimum atomic E-state index is -1.18. The number of rotatable bonds is 27. The van der Waals surface area contributed by atoms with E-state index in [-0.39, 0.29) is 29.7 Å². The van der Waals surface area contributed by atoms with Gasteiger partial charge >= 0.3 is 12.2 Å². The van der Waals surface area contributed by atoms with Crippen LogP contribution in [0, 0.1) is 0 Å². The minimum absolute atomic E-state index is 0.0356. The molecule has 1 atom stereocenters. The van der Waals surface area contributed by atoms with Crippen LogP contribution in [0.15, 0.2) is 9.98 Å². The van der Waals surface area contributed by atoms with Crippen molar-refractivity contribution in [2.24, 2.45) is 9.98 Å². The molecule has 0 aliphatic heterocycles. The summed E-state index contributed by atoms with van der Waals surface area (Å²) in [5.41, 5.74) is 1.43. The van der Waals surface area contributed by atoms with Gasteiger partial charge in [-0.1, -0.05) is 11.8 Å². The number of hydrogen-bond acceptors (Lipinski definition) is 19. The molecule has 0 saturated carbocycles. The second-order valence-electron chi connectivity index (χ2n) is 5.65. The smallest absolute Gasteiger partial charge is 0.408 e. The standard InChI is InChI=1S/C17H32N4O9S9/c22-7-35-9-27-16(24)20-4-34-13-32-3-19-6-39(26)15-38-14-37-10-28-17(25)21-5-33-12-31-2-18-1-29-30-11-36-8-23/h1,6,22-23H,2-5,7-15H2,(H,20,24)(H,21,25)/b18-1-,19-6-. The van der Waals surface area contributed by atoms with Gasteiger partial charge in [0.15, 0.2) is 0 Å². The molecule has 2 amide bonds. The first-order valence-electron chi connectivity index (χ1n) is 10.4. The molecule has 0 radical (unpaired) electrons. The van der Waals surface area contributed by atoms with E-state index in [4.69, 9.17) is 24.6 Å². The summed E-state index contributed by atoms with van der Waals surface area (Å²) in [6.45, 7) is 0. The van der Waals surface area contributed by atoms with Crippen LogP contribution >= 0.6 is 94.1 Å². The van der Waals surface area contributed by atoms with Crippen molar-refractivity contribution < 1.29 is 43.3 Å². The van der Waals surface area contributed by atoms with Crippen molar-refractivity contribution in [2.45, 2.75) is 0 Å². The lowest BCUT2D eigenvalue weighted by atomic mass is 11.1. The Morgan fingerprint density at radius 2 is 1.31 bits per heavy atom. The van der Waals surface area contributed by atoms with E-state index < -0.39 is 23.0 Å². The average molecular weight is 725 g/mol. The number of aliphatic hydroxyl groups excluding tert-OH is 2. The van der Waals surface area contributed by atoms with Gasteiger partial charge in [-0.2, -0.15) is 4.89 Å². The normalized spacial score (nSPS) is 12.1. The lowest BCUT2D eigenvalue weighted by Gasteiger charge is -2.06. The van der Waals surface area contributed by atoms with Crippen molar-refractivity contribution in [3.8, 4) is 0 Å². The third-order valence-electron chi connectivity index (χ3n) is 2.91. The Hall–Kier alpha value is 0.510. The van der Waals surface area contributed by atoms with Crippen molar-refractivity contribution >= 4 is 129 Å². The van der Waals surface area contributed by atoms with Gasteiger partial charge in [0.2, 0.25) is 6.40 Å². The molecule has 0 spiro atoms. The summed E-state index contributed by atoms with van der Waals surface area (Å²) < 4.78 is 21.8. The van der Waals surface area contributed by atoms with Crippen molar-refractivity contribution in [3.63, 3.8) is 0 Å². The highest BCUT2D eigenvalue weighted by atomic mass is 32.2. The fourth-order valence-corrected chi connectivity index (χ4v) is 7.98. The Bertz CT molecular complexity index is 688. The molecule has 0 heterocycles. The third kappa shape index (κ3) is 32.9. The lowest BCUT2D eigenvalue weighted by Crippen LogP contribution is -2.23. The van der Waals surface area contributed by atoms with E-state index in [9.17, 15) is 13.8 Å². The second kappa shape index (κ2) is 33.0. The first kappa shape index (κ1) is 39.5. The highest BCUT2D eigenvalue weighted by molar-refractivity contribution is 8.22. The molecule has 1 unspecified atom stereocenters. The topological polar surface area (TPSA) is 177 Å². The molecule has 0 aromatic rings. The molecule has 0 rings (SSSR count). The lowest BCUT2D eigenvalue weighted by molar-refractivity contribution is -0.196. The number of aliphatic imine (C=N–C) groups is 2. The van der Waals surface area contributed by atoms with Crippen LogP contribution in [0.3, 0.4) is 0 Å². The zero-order chi connectivity index (χ0) is 28.7. The Labute approximate surface area is 264 Å². The van der Waals surface area contributed by atoms with E-state index in [1.54, 1.807) is 11.8 Å². The number of nitrogens with one attached hydrogen (secondary N) is 2. The number of amides is 2. The first-order chi connectivity index (χ1) is 19.1. The van der Waals surface area contributed by atoms with Crippen LogP contribution in [0.25, 0.3) is 0 Å². The molecule has 0 aromatic carbocycles. The number of carbonyl (C=O) groups is 2. The molecule has 228 valence electrons. The highest BCUT2D eigenvalue weighted by Crippen LogP contribution is 2.14. The van der Waals surface area contributed by atoms with Crippen molar-refractivity contribution in [1.29, 1.82) is 0 Å². The van der Waals surface area contributed by atoms with Gasteiger partial charge in [-0.3, -0.25) is 9.20 Å². The van der Waals surface area contributed by atoms with E-state index in [1.165, 1.54) is 70.8 Å². The van der Waals surface area contributed by atoms with E-state index in [0.717, 1.165) is 28.6 Å². The number of hydrogen-bond donors (Lipinski definition) is 4. The van der Waals surface area contributed by atoms with Gasteiger partial charge in [0.25, 0.3) is 0 Å². The SMILES string of the molecule is O=C(NCSCSC/N=C\S(=O)CSCSCOC(=O)NCSCSC/N=C\OOCSCO)OCSCO. The Morgan fingerprint density at radius 3 is 1.95 bits per heavy atom. The van der Waals surface area contributed by atoms with Gasteiger partial charge in [-0.05, 0) is 0 Å². The molecule has 0 aliphatic carbocycles. The summed E-state index contributed by atoms with van der Waals surface area (Å²) in [6.07, 6.45) is 0.177. The molecule has 13 nitrogen and oxygen atoms in total. The predicted octanol–water partition coefficient (Wildman–Crippen LogP) is 3.49. The number of thioether (sulfide) groups is 8. The zero-order valence-electron chi connectivity index (χ0n) is 20.7. The van der Waals surface area contributed by atoms with E-state index in [2.05, 4.69) is 25.5 Å². The van der Waals surface area contributed by atoms with Crippen LogP contribution in [0.1, 0.15) is 0 Å². The Balaban J connectivity index is 3.42. The maximum Gasteiger partial charge on any atom is 0.408 e. The highest BCUT2D eigenvalue weighted by Gasteiger charge is 2.03. The fourth-order valence-electron chi connectivity index (χ4n) is 1.47. The van der Waals surface area contributed by atoms with Crippen LogP contribution in [-0.4, -0.2) is 112 Å². The Kier molecular flexibility index (Phi) is 33.4. The van der Waals surface area contributed by atoms with Crippen molar-refractivity contribution in [3.05, 3.63) is 0 Å². The molecule has 0 bridgehead atoms. The average Bonchev–Trinajstić information content (AvgIpc) is 2.92. The van der Waals surface area contributed by atoms with Gasteiger partial charge in [0, 0.05) is 15.3 Å². The third-order valence-corrected chi connectivity index (χ3v) is 11.4. The Morgan fingerprint density at radius 1 is 0.744 bits per heavy atom. The molecule has 22 heteroatoms. The number of nitrogens with zero attached hydrogens (tertiary/aromatic N) is 2. The van der Waals surface area contributed by atoms with Crippen LogP contribution in [-0.2, 0) is 30.0 Å². The monoisotopic (exact) mass is 724 g/mol. The van der Waals surface area contributed by atoms with Gasteiger partial charge < -0.3 is 35.2 Å². The molecule has 4 N–H and O–H groups in total. The molecule has 0 fully saturated rings. The minimum Gasteiger partial charge on any atom is -0.438 e.